The van der Waals surface area contributed by atoms with Crippen molar-refractivity contribution >= 4 is 11.8 Å². The summed E-state index contributed by atoms with van der Waals surface area (Å²) in [6.45, 7) is 2.69. The van der Waals surface area contributed by atoms with Crippen molar-refractivity contribution in [1.82, 2.24) is 20.4 Å². The van der Waals surface area contributed by atoms with Crippen LogP contribution in [0, 0.1) is 5.82 Å². The third-order valence-corrected chi connectivity index (χ3v) is 3.17. The van der Waals surface area contributed by atoms with E-state index < -0.39 is 5.82 Å². The van der Waals surface area contributed by atoms with Crippen LogP contribution in [0.5, 0.6) is 0 Å². The second-order valence-electron chi connectivity index (χ2n) is 5.21. The quantitative estimate of drug-likeness (QED) is 0.809. The summed E-state index contributed by atoms with van der Waals surface area (Å²) in [5.41, 5.74) is 0.360. The maximum absolute atomic E-state index is 12.8. The van der Waals surface area contributed by atoms with Gasteiger partial charge in [-0.1, -0.05) is 0 Å². The third kappa shape index (κ3) is 5.54. The first-order valence-corrected chi connectivity index (χ1v) is 7.35. The first-order chi connectivity index (χ1) is 11.0. The number of halogens is 1. The summed E-state index contributed by atoms with van der Waals surface area (Å²) in [4.78, 5) is 23.6. The Bertz CT molecular complexity index is 641. The fourth-order valence-corrected chi connectivity index (χ4v) is 2.07. The average Bonchev–Trinajstić information content (AvgIpc) is 3.00. The summed E-state index contributed by atoms with van der Waals surface area (Å²) in [7, 11) is 0. The normalized spacial score (nSPS) is 11.7. The molecule has 1 atom stereocenters. The number of rotatable bonds is 7. The number of aromatic nitrogens is 2. The molecule has 0 bridgehead atoms. The zero-order valence-electron chi connectivity index (χ0n) is 12.8. The van der Waals surface area contributed by atoms with Crippen molar-refractivity contribution < 1.29 is 14.0 Å². The van der Waals surface area contributed by atoms with E-state index in [0.717, 1.165) is 0 Å². The molecule has 23 heavy (non-hydrogen) atoms. The van der Waals surface area contributed by atoms with Crippen LogP contribution in [0.1, 0.15) is 23.7 Å². The molecule has 0 saturated heterocycles. The Kier molecular flexibility index (Phi) is 5.85. The topological polar surface area (TPSA) is 76.0 Å². The van der Waals surface area contributed by atoms with Crippen molar-refractivity contribution in [2.45, 2.75) is 25.9 Å². The van der Waals surface area contributed by atoms with Gasteiger partial charge in [-0.25, -0.2) is 4.39 Å². The minimum absolute atomic E-state index is 0.0600. The Morgan fingerprint density at radius 2 is 2.04 bits per heavy atom. The number of hydrogen-bond acceptors (Lipinski definition) is 3. The van der Waals surface area contributed by atoms with E-state index in [1.165, 1.54) is 24.3 Å². The standard InChI is InChI=1S/C16H19FN4O2/c1-12(11-21-10-2-8-19-21)20-15(22)7-9-18-16(23)13-3-5-14(17)6-4-13/h2-6,8,10,12H,7,9,11H2,1H3,(H,18,23)(H,20,22)/t12-/m0/s1. The molecule has 2 rings (SSSR count). The van der Waals surface area contributed by atoms with Crippen LogP contribution in [0.4, 0.5) is 4.39 Å². The van der Waals surface area contributed by atoms with Crippen LogP contribution in [0.15, 0.2) is 42.7 Å². The predicted molar refractivity (Wildman–Crippen MR) is 83.2 cm³/mol. The van der Waals surface area contributed by atoms with Gasteiger partial charge in [0.25, 0.3) is 5.91 Å². The molecule has 0 aliphatic carbocycles. The lowest BCUT2D eigenvalue weighted by Gasteiger charge is -2.14. The van der Waals surface area contributed by atoms with Crippen LogP contribution in [0.25, 0.3) is 0 Å². The van der Waals surface area contributed by atoms with Crippen LogP contribution in [-0.4, -0.2) is 34.2 Å². The Hall–Kier alpha value is -2.70. The maximum Gasteiger partial charge on any atom is 0.251 e. The molecule has 0 radical (unpaired) electrons. The van der Waals surface area contributed by atoms with E-state index in [9.17, 15) is 14.0 Å². The molecule has 1 heterocycles. The summed E-state index contributed by atoms with van der Waals surface area (Å²) >= 11 is 0. The number of amides is 2. The van der Waals surface area contributed by atoms with Gasteiger partial charge in [-0.2, -0.15) is 5.10 Å². The fourth-order valence-electron chi connectivity index (χ4n) is 2.07. The van der Waals surface area contributed by atoms with E-state index in [1.54, 1.807) is 10.9 Å². The SMILES string of the molecule is C[C@@H](Cn1cccn1)NC(=O)CCNC(=O)c1ccc(F)cc1. The number of carbonyl (C=O) groups is 2. The summed E-state index contributed by atoms with van der Waals surface area (Å²) in [5, 5.41) is 9.54. The van der Waals surface area contributed by atoms with Gasteiger partial charge in [-0.05, 0) is 37.3 Å². The van der Waals surface area contributed by atoms with Crippen molar-refractivity contribution in [3.8, 4) is 0 Å². The van der Waals surface area contributed by atoms with Gasteiger partial charge in [0.05, 0.1) is 6.54 Å². The Labute approximate surface area is 133 Å². The van der Waals surface area contributed by atoms with E-state index in [0.29, 0.717) is 12.1 Å². The molecule has 2 aromatic rings. The number of carbonyl (C=O) groups excluding carboxylic acids is 2. The summed E-state index contributed by atoms with van der Waals surface area (Å²) < 4.78 is 14.5. The predicted octanol–water partition coefficient (Wildman–Crippen LogP) is 1.35. The molecule has 7 heteroatoms. The summed E-state index contributed by atoms with van der Waals surface area (Å²) in [5.74, 6) is -0.876. The number of hydrogen-bond donors (Lipinski definition) is 2. The Morgan fingerprint density at radius 3 is 2.70 bits per heavy atom. The number of nitrogens with zero attached hydrogens (tertiary/aromatic N) is 2. The molecule has 0 aliphatic rings. The largest absolute Gasteiger partial charge is 0.352 e. The average molecular weight is 318 g/mol. The highest BCUT2D eigenvalue weighted by Crippen LogP contribution is 2.02. The van der Waals surface area contributed by atoms with Gasteiger partial charge in [0, 0.05) is 37.0 Å². The molecular formula is C16H19FN4O2. The van der Waals surface area contributed by atoms with Crippen molar-refractivity contribution in [3.63, 3.8) is 0 Å². The highest BCUT2D eigenvalue weighted by molar-refractivity contribution is 5.94. The Balaban J connectivity index is 1.68. The third-order valence-electron chi connectivity index (χ3n) is 3.17. The molecule has 2 N–H and O–H groups in total. The molecule has 1 aromatic carbocycles. The summed E-state index contributed by atoms with van der Waals surface area (Å²) in [6, 6.07) is 7.00. The van der Waals surface area contributed by atoms with E-state index in [4.69, 9.17) is 0 Å². The smallest absolute Gasteiger partial charge is 0.251 e. The molecule has 2 amide bonds. The maximum atomic E-state index is 12.8. The lowest BCUT2D eigenvalue weighted by molar-refractivity contribution is -0.121. The second kappa shape index (κ2) is 8.07. The van der Waals surface area contributed by atoms with Gasteiger partial charge in [0.2, 0.25) is 5.91 Å². The van der Waals surface area contributed by atoms with Crippen molar-refractivity contribution in [2.24, 2.45) is 0 Å². The lowest BCUT2D eigenvalue weighted by atomic mass is 10.2. The Morgan fingerprint density at radius 1 is 1.30 bits per heavy atom. The first-order valence-electron chi connectivity index (χ1n) is 7.35. The van der Waals surface area contributed by atoms with Crippen LogP contribution < -0.4 is 10.6 Å². The van der Waals surface area contributed by atoms with E-state index in [2.05, 4.69) is 15.7 Å². The van der Waals surface area contributed by atoms with Crippen molar-refractivity contribution in [3.05, 3.63) is 54.1 Å². The monoisotopic (exact) mass is 318 g/mol. The minimum Gasteiger partial charge on any atom is -0.352 e. The van der Waals surface area contributed by atoms with E-state index in [1.807, 2.05) is 19.2 Å². The number of benzene rings is 1. The van der Waals surface area contributed by atoms with E-state index in [-0.39, 0.29) is 30.8 Å². The number of nitrogens with one attached hydrogen (secondary N) is 2. The fraction of sp³-hybridized carbons (Fsp3) is 0.312. The zero-order chi connectivity index (χ0) is 16.7. The van der Waals surface area contributed by atoms with Crippen LogP contribution >= 0.6 is 0 Å². The molecule has 0 spiro atoms. The van der Waals surface area contributed by atoms with Gasteiger partial charge in [0.1, 0.15) is 5.82 Å². The van der Waals surface area contributed by atoms with Crippen LogP contribution in [0.2, 0.25) is 0 Å². The van der Waals surface area contributed by atoms with Gasteiger partial charge in [0.15, 0.2) is 0 Å². The van der Waals surface area contributed by atoms with Gasteiger partial charge < -0.3 is 10.6 Å². The highest BCUT2D eigenvalue weighted by Gasteiger charge is 2.09. The summed E-state index contributed by atoms with van der Waals surface area (Å²) in [6.07, 6.45) is 3.68. The molecule has 6 nitrogen and oxygen atoms in total. The zero-order valence-corrected chi connectivity index (χ0v) is 12.8. The highest BCUT2D eigenvalue weighted by atomic mass is 19.1. The van der Waals surface area contributed by atoms with Crippen molar-refractivity contribution in [2.75, 3.05) is 6.54 Å². The molecule has 1 aromatic heterocycles. The van der Waals surface area contributed by atoms with Gasteiger partial charge in [-0.3, -0.25) is 14.3 Å². The molecule has 0 saturated carbocycles. The molecule has 0 aliphatic heterocycles. The first kappa shape index (κ1) is 16.7. The van der Waals surface area contributed by atoms with Crippen molar-refractivity contribution in [1.29, 1.82) is 0 Å². The van der Waals surface area contributed by atoms with Crippen LogP contribution in [-0.2, 0) is 11.3 Å². The molecule has 0 fully saturated rings. The van der Waals surface area contributed by atoms with Gasteiger partial charge >= 0.3 is 0 Å². The molecule has 0 unspecified atom stereocenters. The van der Waals surface area contributed by atoms with E-state index >= 15 is 0 Å². The minimum atomic E-state index is -0.396. The second-order valence-corrected chi connectivity index (χ2v) is 5.21. The van der Waals surface area contributed by atoms with Crippen LogP contribution in [0.3, 0.4) is 0 Å². The lowest BCUT2D eigenvalue weighted by Crippen LogP contribution is -2.37. The molecular weight excluding hydrogens is 299 g/mol. The van der Waals surface area contributed by atoms with Gasteiger partial charge in [-0.15, -0.1) is 0 Å². The molecule has 122 valence electrons.